The van der Waals surface area contributed by atoms with E-state index in [2.05, 4.69) is 5.10 Å². The van der Waals surface area contributed by atoms with E-state index in [1.165, 1.54) is 29.3 Å². The molecule has 22 heavy (non-hydrogen) atoms. The highest BCUT2D eigenvalue weighted by Crippen LogP contribution is 2.14. The number of carboxylic acids is 1. The molecule has 0 bridgehead atoms. The van der Waals surface area contributed by atoms with E-state index < -0.39 is 34.2 Å². The van der Waals surface area contributed by atoms with Gasteiger partial charge >= 0.3 is 5.97 Å². The van der Waals surface area contributed by atoms with Gasteiger partial charge in [0, 0.05) is 19.7 Å². The van der Waals surface area contributed by atoms with Gasteiger partial charge in [0.05, 0.1) is 11.1 Å². The second-order valence-electron chi connectivity index (χ2n) is 4.47. The maximum absolute atomic E-state index is 12.1. The lowest BCUT2D eigenvalue weighted by Gasteiger charge is -2.12. The van der Waals surface area contributed by atoms with E-state index in [9.17, 15) is 18.0 Å². The third kappa shape index (κ3) is 3.78. The van der Waals surface area contributed by atoms with Crippen molar-refractivity contribution in [1.82, 2.24) is 14.5 Å². The van der Waals surface area contributed by atoms with Crippen LogP contribution in [0.3, 0.4) is 0 Å². The summed E-state index contributed by atoms with van der Waals surface area (Å²) in [5.41, 5.74) is 0. The molecule has 0 radical (unpaired) electrons. The molecule has 2 aromatic heterocycles. The number of carboxylic acid groups (broad SMARTS) is 1. The molecule has 8 nitrogen and oxygen atoms in total. The smallest absolute Gasteiger partial charge is 0.322 e. The molecule has 0 aliphatic carbocycles. The molecule has 2 aromatic rings. The van der Waals surface area contributed by atoms with Gasteiger partial charge in [-0.3, -0.25) is 14.3 Å². The Balaban J connectivity index is 2.15. The van der Waals surface area contributed by atoms with Crippen molar-refractivity contribution in [2.45, 2.75) is 17.4 Å². The number of rotatable bonds is 7. The van der Waals surface area contributed by atoms with Crippen molar-refractivity contribution in [2.24, 2.45) is 7.05 Å². The number of nitrogens with one attached hydrogen (secondary N) is 1. The fraction of sp³-hybridized carbons (Fsp3) is 0.250. The molecule has 118 valence electrons. The molecule has 1 atom stereocenters. The fourth-order valence-corrected chi connectivity index (χ4v) is 3.54. The van der Waals surface area contributed by atoms with E-state index in [0.717, 1.165) is 6.20 Å². The number of Topliss-reactive ketones (excluding diaryl/α,β-unsaturated/α-hetero) is 1. The van der Waals surface area contributed by atoms with Gasteiger partial charge in [0.1, 0.15) is 10.9 Å². The summed E-state index contributed by atoms with van der Waals surface area (Å²) in [5, 5.41) is 14.5. The van der Waals surface area contributed by atoms with Crippen LogP contribution in [0.1, 0.15) is 16.1 Å². The lowest BCUT2D eigenvalue weighted by Crippen LogP contribution is -2.42. The average molecular weight is 343 g/mol. The molecule has 0 aliphatic rings. The van der Waals surface area contributed by atoms with Gasteiger partial charge in [0.2, 0.25) is 10.0 Å². The summed E-state index contributed by atoms with van der Waals surface area (Å²) in [5.74, 6) is -1.85. The van der Waals surface area contributed by atoms with Crippen molar-refractivity contribution in [3.05, 3.63) is 34.8 Å². The number of aliphatic carboxylic acids is 1. The molecular weight excluding hydrogens is 330 g/mol. The van der Waals surface area contributed by atoms with Crippen LogP contribution >= 0.6 is 11.3 Å². The van der Waals surface area contributed by atoms with Crippen LogP contribution in [0, 0.1) is 0 Å². The molecule has 0 saturated carbocycles. The highest BCUT2D eigenvalue weighted by atomic mass is 32.2. The normalized spacial score (nSPS) is 13.0. The minimum absolute atomic E-state index is 0.162. The van der Waals surface area contributed by atoms with Crippen LogP contribution in [-0.2, 0) is 21.9 Å². The minimum atomic E-state index is -4.06. The number of thiophene rings is 1. The molecule has 2 N–H and O–H groups in total. The highest BCUT2D eigenvalue weighted by Gasteiger charge is 2.28. The number of aryl methyl sites for hydroxylation is 1. The maximum Gasteiger partial charge on any atom is 0.322 e. The number of hydrogen-bond donors (Lipinski definition) is 2. The van der Waals surface area contributed by atoms with Crippen molar-refractivity contribution in [3.8, 4) is 0 Å². The van der Waals surface area contributed by atoms with E-state index in [-0.39, 0.29) is 4.90 Å². The number of carbonyl (C=O) groups is 2. The first-order valence-electron chi connectivity index (χ1n) is 6.10. The van der Waals surface area contributed by atoms with Crippen LogP contribution < -0.4 is 4.72 Å². The van der Waals surface area contributed by atoms with E-state index in [1.807, 2.05) is 4.72 Å². The Morgan fingerprint density at radius 1 is 1.50 bits per heavy atom. The average Bonchev–Trinajstić information content (AvgIpc) is 3.08. The SMILES string of the molecule is Cn1cc(S(=O)(=O)NC(CC(=O)c2cccs2)C(=O)O)cn1. The van der Waals surface area contributed by atoms with Crippen molar-refractivity contribution < 1.29 is 23.1 Å². The Morgan fingerprint density at radius 3 is 2.73 bits per heavy atom. The first kappa shape index (κ1) is 16.3. The van der Waals surface area contributed by atoms with Crippen LogP contribution in [0.15, 0.2) is 34.8 Å². The molecule has 0 saturated heterocycles. The number of aromatic nitrogens is 2. The van der Waals surface area contributed by atoms with Gasteiger partial charge in [0.15, 0.2) is 5.78 Å². The molecular formula is C12H13N3O5S2. The number of ketones is 1. The Morgan fingerprint density at radius 2 is 2.23 bits per heavy atom. The third-order valence-electron chi connectivity index (χ3n) is 2.77. The summed E-state index contributed by atoms with van der Waals surface area (Å²) >= 11 is 1.17. The van der Waals surface area contributed by atoms with Crippen molar-refractivity contribution in [1.29, 1.82) is 0 Å². The van der Waals surface area contributed by atoms with Crippen LogP contribution in [0.5, 0.6) is 0 Å². The fourth-order valence-electron chi connectivity index (χ4n) is 1.70. The summed E-state index contributed by atoms with van der Waals surface area (Å²) in [6.07, 6.45) is 1.88. The van der Waals surface area contributed by atoms with E-state index in [1.54, 1.807) is 17.5 Å². The predicted octanol–water partition coefficient (Wildman–Crippen LogP) is 0.486. The first-order valence-corrected chi connectivity index (χ1v) is 8.46. The van der Waals surface area contributed by atoms with Crippen LogP contribution in [0.4, 0.5) is 0 Å². The lowest BCUT2D eigenvalue weighted by molar-refractivity contribution is -0.138. The largest absolute Gasteiger partial charge is 0.480 e. The molecule has 10 heteroatoms. The third-order valence-corrected chi connectivity index (χ3v) is 5.11. The van der Waals surface area contributed by atoms with Gasteiger partial charge in [-0.2, -0.15) is 9.82 Å². The number of hydrogen-bond acceptors (Lipinski definition) is 6. The van der Waals surface area contributed by atoms with Crippen LogP contribution in [-0.4, -0.2) is 41.1 Å². The predicted molar refractivity (Wildman–Crippen MR) is 78.2 cm³/mol. The van der Waals surface area contributed by atoms with Gasteiger partial charge in [-0.1, -0.05) is 6.07 Å². The maximum atomic E-state index is 12.1. The molecule has 0 fully saturated rings. The second-order valence-corrected chi connectivity index (χ2v) is 7.13. The van der Waals surface area contributed by atoms with Crippen molar-refractivity contribution in [2.75, 3.05) is 0 Å². The summed E-state index contributed by atoms with van der Waals surface area (Å²) < 4.78 is 27.5. The van der Waals surface area contributed by atoms with Crippen LogP contribution in [0.25, 0.3) is 0 Å². The Kier molecular flexibility index (Phi) is 4.74. The monoisotopic (exact) mass is 343 g/mol. The Labute approximate surface area is 130 Å². The highest BCUT2D eigenvalue weighted by molar-refractivity contribution is 7.89. The standard InChI is InChI=1S/C12H13N3O5S2/c1-15-7-8(6-13-15)22(19,20)14-9(12(17)18)5-10(16)11-3-2-4-21-11/h2-4,6-7,9,14H,5H2,1H3,(H,17,18). The van der Waals surface area contributed by atoms with Gasteiger partial charge in [-0.05, 0) is 11.4 Å². The Bertz CT molecular complexity index is 780. The molecule has 0 spiro atoms. The molecule has 1 unspecified atom stereocenters. The summed E-state index contributed by atoms with van der Waals surface area (Å²) in [7, 11) is -2.53. The topological polar surface area (TPSA) is 118 Å². The summed E-state index contributed by atoms with van der Waals surface area (Å²) in [4.78, 5) is 23.4. The number of sulfonamides is 1. The second kappa shape index (κ2) is 6.38. The van der Waals surface area contributed by atoms with Gasteiger partial charge < -0.3 is 5.11 Å². The Hall–Kier alpha value is -2.04. The zero-order chi connectivity index (χ0) is 16.3. The van der Waals surface area contributed by atoms with Gasteiger partial charge in [0.25, 0.3) is 0 Å². The molecule has 0 aliphatic heterocycles. The van der Waals surface area contributed by atoms with E-state index in [4.69, 9.17) is 5.11 Å². The number of nitrogens with zero attached hydrogens (tertiary/aromatic N) is 2. The lowest BCUT2D eigenvalue weighted by atomic mass is 10.1. The molecule has 0 aromatic carbocycles. The molecule has 2 heterocycles. The summed E-state index contributed by atoms with van der Waals surface area (Å²) in [6.45, 7) is 0. The molecule has 0 amide bonds. The van der Waals surface area contributed by atoms with Gasteiger partial charge in [-0.15, -0.1) is 11.3 Å². The van der Waals surface area contributed by atoms with Gasteiger partial charge in [-0.25, -0.2) is 8.42 Å². The zero-order valence-corrected chi connectivity index (χ0v) is 13.1. The van der Waals surface area contributed by atoms with Crippen LogP contribution in [0.2, 0.25) is 0 Å². The summed E-state index contributed by atoms with van der Waals surface area (Å²) in [6, 6.07) is 1.68. The van der Waals surface area contributed by atoms with Crippen molar-refractivity contribution in [3.63, 3.8) is 0 Å². The quantitative estimate of drug-likeness (QED) is 0.706. The first-order chi connectivity index (χ1) is 10.3. The van der Waals surface area contributed by atoms with Crippen molar-refractivity contribution >= 4 is 33.1 Å². The molecule has 2 rings (SSSR count). The number of carbonyl (C=O) groups excluding carboxylic acids is 1. The van der Waals surface area contributed by atoms with E-state index >= 15 is 0 Å². The zero-order valence-electron chi connectivity index (χ0n) is 11.5. The minimum Gasteiger partial charge on any atom is -0.480 e. The van der Waals surface area contributed by atoms with E-state index in [0.29, 0.717) is 4.88 Å².